The molecule has 0 radical (unpaired) electrons. The fourth-order valence-electron chi connectivity index (χ4n) is 3.13. The van der Waals surface area contributed by atoms with Crippen molar-refractivity contribution >= 4 is 23.0 Å². The maximum atomic E-state index is 12.3. The second-order valence-electron chi connectivity index (χ2n) is 6.38. The Labute approximate surface area is 143 Å². The van der Waals surface area contributed by atoms with Gasteiger partial charge in [0, 0.05) is 38.8 Å². The van der Waals surface area contributed by atoms with E-state index < -0.39 is 0 Å². The molecule has 2 heterocycles. The van der Waals surface area contributed by atoms with Gasteiger partial charge < -0.3 is 19.7 Å². The summed E-state index contributed by atoms with van der Waals surface area (Å²) in [7, 11) is 0. The van der Waals surface area contributed by atoms with E-state index in [1.54, 1.807) is 0 Å². The van der Waals surface area contributed by atoms with Gasteiger partial charge in [0.15, 0.2) is 0 Å². The van der Waals surface area contributed by atoms with Crippen LogP contribution < -0.4 is 10.2 Å². The van der Waals surface area contributed by atoms with Gasteiger partial charge in [-0.05, 0) is 32.4 Å². The van der Waals surface area contributed by atoms with Crippen LogP contribution in [-0.4, -0.2) is 52.7 Å². The number of imidazole rings is 1. The summed E-state index contributed by atoms with van der Waals surface area (Å²) in [5.41, 5.74) is 2.21. The van der Waals surface area contributed by atoms with Crippen LogP contribution >= 0.6 is 0 Å². The summed E-state index contributed by atoms with van der Waals surface area (Å²) in [6.45, 7) is 10.3. The van der Waals surface area contributed by atoms with Crippen LogP contribution in [0.25, 0.3) is 11.0 Å². The maximum absolute atomic E-state index is 12.3. The van der Waals surface area contributed by atoms with Gasteiger partial charge in [-0.15, -0.1) is 0 Å². The summed E-state index contributed by atoms with van der Waals surface area (Å²) in [6.07, 6.45) is 0.951. The Morgan fingerprint density at radius 1 is 1.21 bits per heavy atom. The molecule has 0 saturated carbocycles. The Bertz CT molecular complexity index is 702. The number of amides is 2. The molecule has 1 aliphatic heterocycles. The first-order valence-electron chi connectivity index (χ1n) is 8.89. The minimum atomic E-state index is 0.0491. The number of piperazine rings is 1. The zero-order chi connectivity index (χ0) is 17.1. The van der Waals surface area contributed by atoms with Crippen molar-refractivity contribution in [1.82, 2.24) is 19.8 Å². The molecule has 130 valence electrons. The van der Waals surface area contributed by atoms with Crippen molar-refractivity contribution in [3.05, 3.63) is 24.3 Å². The number of fused-ring (bicyclic) bond motifs is 1. The first kappa shape index (κ1) is 16.6. The van der Waals surface area contributed by atoms with E-state index in [4.69, 9.17) is 4.98 Å². The number of carbonyl (C=O) groups is 1. The highest BCUT2D eigenvalue weighted by Crippen LogP contribution is 2.23. The minimum absolute atomic E-state index is 0.0491. The van der Waals surface area contributed by atoms with Crippen molar-refractivity contribution in [3.63, 3.8) is 0 Å². The number of aromatic nitrogens is 2. The quantitative estimate of drug-likeness (QED) is 0.938. The van der Waals surface area contributed by atoms with Crippen molar-refractivity contribution in [3.8, 4) is 0 Å². The predicted molar refractivity (Wildman–Crippen MR) is 97.5 cm³/mol. The molecule has 1 N–H and O–H groups in total. The Morgan fingerprint density at radius 3 is 2.58 bits per heavy atom. The van der Waals surface area contributed by atoms with Crippen LogP contribution in [-0.2, 0) is 6.54 Å². The third-order valence-electron chi connectivity index (χ3n) is 4.78. The van der Waals surface area contributed by atoms with E-state index in [9.17, 15) is 4.79 Å². The number of rotatable bonds is 4. The van der Waals surface area contributed by atoms with Crippen molar-refractivity contribution in [2.45, 2.75) is 39.8 Å². The van der Waals surface area contributed by atoms with Crippen molar-refractivity contribution < 1.29 is 4.79 Å². The second-order valence-corrected chi connectivity index (χ2v) is 6.38. The number of hydrogen-bond donors (Lipinski definition) is 1. The van der Waals surface area contributed by atoms with Crippen LogP contribution in [0.15, 0.2) is 24.3 Å². The lowest BCUT2D eigenvalue weighted by molar-refractivity contribution is 0.190. The summed E-state index contributed by atoms with van der Waals surface area (Å²) in [5, 5.41) is 3.05. The number of urea groups is 1. The van der Waals surface area contributed by atoms with Crippen molar-refractivity contribution in [2.75, 3.05) is 31.1 Å². The first-order chi connectivity index (χ1) is 11.6. The van der Waals surface area contributed by atoms with Gasteiger partial charge >= 0.3 is 6.03 Å². The van der Waals surface area contributed by atoms with E-state index >= 15 is 0 Å². The number of carbonyl (C=O) groups excluding carboxylic acids is 1. The highest BCUT2D eigenvalue weighted by molar-refractivity contribution is 5.79. The van der Waals surface area contributed by atoms with Gasteiger partial charge in [0.1, 0.15) is 0 Å². The molecule has 1 atom stereocenters. The number of anilines is 1. The van der Waals surface area contributed by atoms with E-state index in [0.29, 0.717) is 0 Å². The summed E-state index contributed by atoms with van der Waals surface area (Å²) >= 11 is 0. The van der Waals surface area contributed by atoms with E-state index in [0.717, 1.165) is 50.6 Å². The van der Waals surface area contributed by atoms with Gasteiger partial charge in [0.2, 0.25) is 5.95 Å². The molecule has 6 nitrogen and oxygen atoms in total. The van der Waals surface area contributed by atoms with E-state index in [-0.39, 0.29) is 12.1 Å². The molecule has 0 unspecified atom stereocenters. The van der Waals surface area contributed by atoms with Gasteiger partial charge in [-0.1, -0.05) is 19.1 Å². The number of aryl methyl sites for hydroxylation is 1. The zero-order valence-electron chi connectivity index (χ0n) is 14.8. The van der Waals surface area contributed by atoms with Crippen LogP contribution in [0.5, 0.6) is 0 Å². The number of hydrogen-bond acceptors (Lipinski definition) is 3. The molecule has 0 aliphatic carbocycles. The Morgan fingerprint density at radius 2 is 1.92 bits per heavy atom. The smallest absolute Gasteiger partial charge is 0.317 e. The number of benzene rings is 1. The number of para-hydroxylation sites is 2. The fraction of sp³-hybridized carbons (Fsp3) is 0.556. The molecule has 3 rings (SSSR count). The number of nitrogens with zero attached hydrogens (tertiary/aromatic N) is 4. The van der Waals surface area contributed by atoms with Crippen LogP contribution in [0.4, 0.5) is 10.7 Å². The summed E-state index contributed by atoms with van der Waals surface area (Å²) in [5.74, 6) is 1.01. The molecule has 0 spiro atoms. The van der Waals surface area contributed by atoms with Crippen LogP contribution in [0.3, 0.4) is 0 Å². The molecule has 1 aliphatic rings. The molecule has 0 bridgehead atoms. The Balaban J connectivity index is 1.70. The van der Waals surface area contributed by atoms with Gasteiger partial charge in [-0.3, -0.25) is 0 Å². The molecule has 1 aromatic heterocycles. The van der Waals surface area contributed by atoms with Crippen LogP contribution in [0.2, 0.25) is 0 Å². The third kappa shape index (κ3) is 3.18. The van der Waals surface area contributed by atoms with Crippen LogP contribution in [0, 0.1) is 0 Å². The number of nitrogens with one attached hydrogen (secondary N) is 1. The topological polar surface area (TPSA) is 53.4 Å². The summed E-state index contributed by atoms with van der Waals surface area (Å²) in [6, 6.07) is 8.52. The predicted octanol–water partition coefficient (Wildman–Crippen LogP) is 2.69. The molecular formula is C18H27N5O. The lowest BCUT2D eigenvalue weighted by Crippen LogP contribution is -2.53. The monoisotopic (exact) mass is 329 g/mol. The summed E-state index contributed by atoms with van der Waals surface area (Å²) in [4.78, 5) is 21.3. The van der Waals surface area contributed by atoms with Gasteiger partial charge in [0.05, 0.1) is 11.0 Å². The third-order valence-corrected chi connectivity index (χ3v) is 4.78. The molecule has 24 heavy (non-hydrogen) atoms. The van der Waals surface area contributed by atoms with Crippen LogP contribution in [0.1, 0.15) is 27.2 Å². The van der Waals surface area contributed by atoms with E-state index in [1.807, 2.05) is 17.9 Å². The zero-order valence-corrected chi connectivity index (χ0v) is 14.8. The standard InChI is InChI=1S/C18H27N5O/c1-4-14(3)19-18(24)22-12-10-21(11-13-22)17-20-15-8-6-7-9-16(15)23(17)5-2/h6-9,14H,4-5,10-13H2,1-3H3,(H,19,24)/t14-/m0/s1. The van der Waals surface area contributed by atoms with Gasteiger partial charge in [-0.2, -0.15) is 0 Å². The second kappa shape index (κ2) is 7.11. The molecule has 6 heteroatoms. The first-order valence-corrected chi connectivity index (χ1v) is 8.89. The average molecular weight is 329 g/mol. The van der Waals surface area contributed by atoms with E-state index in [1.165, 1.54) is 5.52 Å². The Hall–Kier alpha value is -2.24. The molecule has 2 amide bonds. The van der Waals surface area contributed by atoms with Crippen molar-refractivity contribution in [1.29, 1.82) is 0 Å². The minimum Gasteiger partial charge on any atom is -0.339 e. The highest BCUT2D eigenvalue weighted by Gasteiger charge is 2.24. The Kier molecular flexibility index (Phi) is 4.92. The summed E-state index contributed by atoms with van der Waals surface area (Å²) < 4.78 is 2.25. The maximum Gasteiger partial charge on any atom is 0.317 e. The largest absolute Gasteiger partial charge is 0.339 e. The van der Waals surface area contributed by atoms with Crippen molar-refractivity contribution in [2.24, 2.45) is 0 Å². The SMILES string of the molecule is CC[C@H](C)NC(=O)N1CCN(c2nc3ccccc3n2CC)CC1. The van der Waals surface area contributed by atoms with E-state index in [2.05, 4.69) is 46.8 Å². The molecular weight excluding hydrogens is 302 g/mol. The fourth-order valence-corrected chi connectivity index (χ4v) is 3.13. The molecule has 1 fully saturated rings. The molecule has 1 saturated heterocycles. The van der Waals surface area contributed by atoms with Gasteiger partial charge in [-0.25, -0.2) is 9.78 Å². The average Bonchev–Trinajstić information content (AvgIpc) is 3.00. The van der Waals surface area contributed by atoms with Gasteiger partial charge in [0.25, 0.3) is 0 Å². The normalized spacial score (nSPS) is 16.5. The highest BCUT2D eigenvalue weighted by atomic mass is 16.2. The lowest BCUT2D eigenvalue weighted by atomic mass is 10.2. The molecule has 2 aromatic rings. The lowest BCUT2D eigenvalue weighted by Gasteiger charge is -2.35. The molecule has 1 aromatic carbocycles.